The summed E-state index contributed by atoms with van der Waals surface area (Å²) >= 11 is 0. The quantitative estimate of drug-likeness (QED) is 0.871. The molecule has 0 atom stereocenters. The fourth-order valence-electron chi connectivity index (χ4n) is 2.44. The van der Waals surface area contributed by atoms with E-state index in [2.05, 4.69) is 0 Å². The molecule has 1 N–H and O–H groups in total. The summed E-state index contributed by atoms with van der Waals surface area (Å²) in [5.74, 6) is 0.233. The van der Waals surface area contributed by atoms with E-state index in [4.69, 9.17) is 6.11 Å². The summed E-state index contributed by atoms with van der Waals surface area (Å²) in [6.07, 6.45) is 0.549. The molecule has 0 saturated carbocycles. The van der Waals surface area contributed by atoms with Gasteiger partial charge in [-0.3, -0.25) is 0 Å². The maximum atomic E-state index is 13.3. The van der Waals surface area contributed by atoms with Crippen LogP contribution in [-0.4, -0.2) is 17.3 Å². The predicted molar refractivity (Wildman–Crippen MR) is 87.7 cm³/mol. The average Bonchev–Trinajstić information content (AvgIpc) is 2.40. The molecule has 0 spiro atoms. The van der Waals surface area contributed by atoms with Gasteiger partial charge in [-0.15, -0.1) is 0 Å². The number of ether oxygens (including phenoxy) is 1. The number of hydrogen-bond acceptors (Lipinski definition) is 2. The molecule has 2 nitrogen and oxygen atoms in total. The molecule has 2 aromatic carbocycles. The van der Waals surface area contributed by atoms with Gasteiger partial charge >= 0.3 is 0 Å². The van der Waals surface area contributed by atoms with Crippen LogP contribution in [0.1, 0.15) is 32.8 Å². The number of aryl methyl sites for hydroxylation is 2. The molecule has 22 heavy (non-hydrogen) atoms. The van der Waals surface area contributed by atoms with E-state index in [0.29, 0.717) is 13.0 Å². The van der Waals surface area contributed by atoms with Gasteiger partial charge in [-0.2, -0.15) is 0 Å². The minimum absolute atomic E-state index is 0.105. The first-order valence-electron chi connectivity index (χ1n) is 7.90. The fraction of sp³-hybridized carbons (Fsp3) is 0.368. The van der Waals surface area contributed by atoms with Crippen LogP contribution in [0.4, 0.5) is 4.39 Å². The van der Waals surface area contributed by atoms with Crippen molar-refractivity contribution < 1.29 is 15.6 Å². The zero-order chi connectivity index (χ0) is 17.2. The normalized spacial score (nSPS) is 12.2. The van der Waals surface area contributed by atoms with Crippen molar-refractivity contribution in [1.82, 2.24) is 0 Å². The summed E-state index contributed by atoms with van der Waals surface area (Å²) in [6.45, 7) is 7.89. The highest BCUT2D eigenvalue weighted by Crippen LogP contribution is 2.31. The molecular weight excluding hydrogens is 279 g/mol. The Morgan fingerprint density at radius 3 is 2.36 bits per heavy atom. The lowest BCUT2D eigenvalue weighted by molar-refractivity contribution is 0.0553. The number of halogens is 1. The van der Waals surface area contributed by atoms with E-state index in [-0.39, 0.29) is 6.04 Å². The molecule has 0 bridgehead atoms. The monoisotopic (exact) mass is 303 g/mol. The average molecular weight is 303 g/mol. The zero-order valence-electron chi connectivity index (χ0n) is 14.5. The summed E-state index contributed by atoms with van der Waals surface area (Å²) in [7, 11) is 0. The van der Waals surface area contributed by atoms with Gasteiger partial charge < -0.3 is 9.84 Å². The van der Waals surface area contributed by atoms with E-state index in [1.165, 1.54) is 6.07 Å². The van der Waals surface area contributed by atoms with Crippen molar-refractivity contribution in [2.75, 3.05) is 6.61 Å². The van der Waals surface area contributed by atoms with Crippen molar-refractivity contribution in [2.24, 2.45) is 0 Å². The van der Waals surface area contributed by atoms with Gasteiger partial charge in [0, 0.05) is 6.42 Å². The topological polar surface area (TPSA) is 29.5 Å². The third kappa shape index (κ3) is 4.31. The molecule has 0 unspecified atom stereocenters. The lowest BCUT2D eigenvalue weighted by Gasteiger charge is -2.18. The van der Waals surface area contributed by atoms with E-state index < -0.39 is 11.4 Å². The van der Waals surface area contributed by atoms with Gasteiger partial charge in [0.25, 0.3) is 0 Å². The Balaban J connectivity index is 2.25. The Hall–Kier alpha value is -1.87. The Labute approximate surface area is 133 Å². The summed E-state index contributed by atoms with van der Waals surface area (Å²) in [4.78, 5) is 0. The van der Waals surface area contributed by atoms with Crippen LogP contribution in [0.2, 0.25) is 0 Å². The molecular formula is C19H23FO2. The van der Waals surface area contributed by atoms with Crippen molar-refractivity contribution in [3.05, 3.63) is 53.3 Å². The van der Waals surface area contributed by atoms with Gasteiger partial charge in [0.2, 0.25) is 0 Å². The zero-order valence-corrected chi connectivity index (χ0v) is 13.5. The number of rotatable bonds is 5. The van der Waals surface area contributed by atoms with Crippen molar-refractivity contribution in [2.45, 2.75) is 39.7 Å². The highest BCUT2D eigenvalue weighted by molar-refractivity contribution is 5.71. The van der Waals surface area contributed by atoms with Crippen LogP contribution < -0.4 is 4.74 Å². The Morgan fingerprint density at radius 1 is 1.18 bits per heavy atom. The van der Waals surface area contributed by atoms with Crippen LogP contribution in [0, 0.1) is 19.7 Å². The van der Waals surface area contributed by atoms with Crippen molar-refractivity contribution in [3.63, 3.8) is 0 Å². The third-order valence-electron chi connectivity index (χ3n) is 3.55. The van der Waals surface area contributed by atoms with E-state index in [0.717, 1.165) is 28.0 Å². The molecule has 2 rings (SSSR count). The number of aliphatic hydroxyl groups is 1. The highest BCUT2D eigenvalue weighted by Gasteiger charge is 2.13. The number of benzene rings is 2. The van der Waals surface area contributed by atoms with E-state index >= 15 is 0 Å². The van der Waals surface area contributed by atoms with Gasteiger partial charge in [0.15, 0.2) is 0 Å². The molecule has 0 fully saturated rings. The SMILES string of the molecule is [2H]c1cc(-c2c(C)cc(OCCC(C)(C)O)cc2C)ccc1F. The molecule has 0 aliphatic carbocycles. The standard InChI is InChI=1S/C19H23FO2/c1-13-11-17(22-10-9-19(3,4)21)12-14(2)18(13)15-5-7-16(20)8-6-15/h5-8,11-12,21H,9-10H2,1-4H3/i7D. The van der Waals surface area contributed by atoms with E-state index in [1.54, 1.807) is 26.0 Å². The van der Waals surface area contributed by atoms with Gasteiger partial charge in [-0.1, -0.05) is 12.1 Å². The van der Waals surface area contributed by atoms with Crippen LogP contribution in [0.5, 0.6) is 5.75 Å². The van der Waals surface area contributed by atoms with Crippen LogP contribution in [0.15, 0.2) is 36.4 Å². The van der Waals surface area contributed by atoms with Crippen LogP contribution in [0.25, 0.3) is 11.1 Å². The Bertz CT molecular complexity index is 682. The summed E-state index contributed by atoms with van der Waals surface area (Å²) in [5.41, 5.74) is 3.09. The largest absolute Gasteiger partial charge is 0.493 e. The van der Waals surface area contributed by atoms with Gasteiger partial charge in [-0.25, -0.2) is 4.39 Å². The Morgan fingerprint density at radius 2 is 1.82 bits per heavy atom. The van der Waals surface area contributed by atoms with Crippen LogP contribution in [-0.2, 0) is 0 Å². The smallest absolute Gasteiger partial charge is 0.123 e. The second-order valence-corrected chi connectivity index (χ2v) is 6.27. The first kappa shape index (κ1) is 15.0. The first-order chi connectivity index (χ1) is 10.7. The Kier molecular flexibility index (Phi) is 4.44. The number of hydrogen-bond donors (Lipinski definition) is 1. The summed E-state index contributed by atoms with van der Waals surface area (Å²) < 4.78 is 26.6. The van der Waals surface area contributed by atoms with Gasteiger partial charge in [-0.05, 0) is 74.2 Å². The van der Waals surface area contributed by atoms with Crippen molar-refractivity contribution in [3.8, 4) is 16.9 Å². The maximum absolute atomic E-state index is 13.3. The van der Waals surface area contributed by atoms with Gasteiger partial charge in [0.05, 0.1) is 13.6 Å². The van der Waals surface area contributed by atoms with E-state index in [1.807, 2.05) is 26.0 Å². The minimum atomic E-state index is -0.747. The molecule has 3 heteroatoms. The van der Waals surface area contributed by atoms with Crippen molar-refractivity contribution >= 4 is 0 Å². The molecule has 0 aliphatic rings. The molecule has 0 aliphatic heterocycles. The minimum Gasteiger partial charge on any atom is -0.493 e. The third-order valence-corrected chi connectivity index (χ3v) is 3.55. The summed E-state index contributed by atoms with van der Waals surface area (Å²) in [5, 5.41) is 9.72. The lowest BCUT2D eigenvalue weighted by Crippen LogP contribution is -2.21. The van der Waals surface area contributed by atoms with Gasteiger partial charge in [0.1, 0.15) is 11.6 Å². The molecule has 0 saturated heterocycles. The van der Waals surface area contributed by atoms with Crippen molar-refractivity contribution in [1.29, 1.82) is 0 Å². The second-order valence-electron chi connectivity index (χ2n) is 6.27. The predicted octanol–water partition coefficient (Wildman–Crippen LogP) is 4.65. The molecule has 2 aromatic rings. The maximum Gasteiger partial charge on any atom is 0.123 e. The lowest BCUT2D eigenvalue weighted by atomic mass is 9.95. The summed E-state index contributed by atoms with van der Waals surface area (Å²) in [6, 6.07) is 8.31. The first-order valence-corrected chi connectivity index (χ1v) is 7.40. The van der Waals surface area contributed by atoms with E-state index in [9.17, 15) is 9.50 Å². The molecule has 0 radical (unpaired) electrons. The molecule has 118 valence electrons. The second kappa shape index (κ2) is 6.49. The molecule has 0 amide bonds. The fourth-order valence-corrected chi connectivity index (χ4v) is 2.44. The van der Waals surface area contributed by atoms with Crippen LogP contribution in [0.3, 0.4) is 0 Å². The highest BCUT2D eigenvalue weighted by atomic mass is 19.1. The van der Waals surface area contributed by atoms with Crippen LogP contribution >= 0.6 is 0 Å². The molecule has 0 aromatic heterocycles. The molecule has 0 heterocycles.